The standard InChI is InChI=1S/C15H19N3O/c1-3-15(19-10-1)12-16-11-13-4-6-14(7-5-13)18-9-2-8-17-18/h2,4-9,15-16H,1,3,10-12H2. The molecule has 1 saturated heterocycles. The smallest absolute Gasteiger partial charge is 0.0700 e. The third-order valence-corrected chi connectivity index (χ3v) is 3.43. The fraction of sp³-hybridized carbons (Fsp3) is 0.400. The molecule has 0 radical (unpaired) electrons. The van der Waals surface area contributed by atoms with Crippen LogP contribution < -0.4 is 5.32 Å². The molecule has 4 heteroatoms. The van der Waals surface area contributed by atoms with Gasteiger partial charge in [-0.05, 0) is 36.6 Å². The lowest BCUT2D eigenvalue weighted by atomic mass is 10.2. The molecule has 19 heavy (non-hydrogen) atoms. The second-order valence-corrected chi connectivity index (χ2v) is 4.88. The molecule has 1 aliphatic rings. The Morgan fingerprint density at radius 1 is 1.32 bits per heavy atom. The zero-order chi connectivity index (χ0) is 12.9. The molecule has 1 atom stereocenters. The van der Waals surface area contributed by atoms with E-state index in [1.165, 1.54) is 18.4 Å². The number of hydrogen-bond donors (Lipinski definition) is 1. The molecule has 1 aliphatic heterocycles. The van der Waals surface area contributed by atoms with Crippen LogP contribution in [0.15, 0.2) is 42.7 Å². The van der Waals surface area contributed by atoms with Crippen LogP contribution in [0.5, 0.6) is 0 Å². The second-order valence-electron chi connectivity index (χ2n) is 4.88. The number of nitrogens with zero attached hydrogens (tertiary/aromatic N) is 2. The summed E-state index contributed by atoms with van der Waals surface area (Å²) in [6, 6.07) is 10.4. The molecule has 0 saturated carbocycles. The molecule has 1 unspecified atom stereocenters. The van der Waals surface area contributed by atoms with Gasteiger partial charge < -0.3 is 10.1 Å². The highest BCUT2D eigenvalue weighted by molar-refractivity contribution is 5.33. The molecular formula is C15H19N3O. The lowest BCUT2D eigenvalue weighted by Crippen LogP contribution is -2.25. The van der Waals surface area contributed by atoms with Crippen molar-refractivity contribution in [1.29, 1.82) is 0 Å². The molecule has 2 aromatic rings. The summed E-state index contributed by atoms with van der Waals surface area (Å²) in [6.07, 6.45) is 6.53. The Kier molecular flexibility index (Phi) is 3.91. The highest BCUT2D eigenvalue weighted by Crippen LogP contribution is 2.11. The van der Waals surface area contributed by atoms with Crippen molar-refractivity contribution in [2.24, 2.45) is 0 Å². The van der Waals surface area contributed by atoms with E-state index >= 15 is 0 Å². The summed E-state index contributed by atoms with van der Waals surface area (Å²) in [4.78, 5) is 0. The minimum Gasteiger partial charge on any atom is -0.377 e. The number of hydrogen-bond acceptors (Lipinski definition) is 3. The molecule has 0 bridgehead atoms. The zero-order valence-corrected chi connectivity index (χ0v) is 11.0. The van der Waals surface area contributed by atoms with Gasteiger partial charge in [0.2, 0.25) is 0 Å². The molecule has 4 nitrogen and oxygen atoms in total. The Balaban J connectivity index is 1.51. The summed E-state index contributed by atoms with van der Waals surface area (Å²) in [7, 11) is 0. The third-order valence-electron chi connectivity index (χ3n) is 3.43. The Morgan fingerprint density at radius 2 is 2.21 bits per heavy atom. The van der Waals surface area contributed by atoms with Crippen molar-refractivity contribution in [3.63, 3.8) is 0 Å². The van der Waals surface area contributed by atoms with E-state index in [-0.39, 0.29) is 0 Å². The van der Waals surface area contributed by atoms with Gasteiger partial charge in [0.15, 0.2) is 0 Å². The highest BCUT2D eigenvalue weighted by atomic mass is 16.5. The summed E-state index contributed by atoms with van der Waals surface area (Å²) in [5, 5.41) is 7.67. The van der Waals surface area contributed by atoms with E-state index in [0.29, 0.717) is 6.10 Å². The van der Waals surface area contributed by atoms with Crippen LogP contribution in [0, 0.1) is 0 Å². The second kappa shape index (κ2) is 5.99. The third kappa shape index (κ3) is 3.22. The highest BCUT2D eigenvalue weighted by Gasteiger charge is 2.14. The largest absolute Gasteiger partial charge is 0.377 e. The molecule has 0 spiro atoms. The van der Waals surface area contributed by atoms with Crippen LogP contribution in [0.4, 0.5) is 0 Å². The predicted octanol–water partition coefficient (Wildman–Crippen LogP) is 2.14. The van der Waals surface area contributed by atoms with Crippen LogP contribution >= 0.6 is 0 Å². The molecule has 1 fully saturated rings. The van der Waals surface area contributed by atoms with Gasteiger partial charge in [-0.25, -0.2) is 4.68 Å². The number of rotatable bonds is 5. The van der Waals surface area contributed by atoms with Crippen molar-refractivity contribution in [3.05, 3.63) is 48.3 Å². The van der Waals surface area contributed by atoms with E-state index in [4.69, 9.17) is 4.74 Å². The summed E-state index contributed by atoms with van der Waals surface area (Å²) < 4.78 is 7.45. The zero-order valence-electron chi connectivity index (χ0n) is 11.0. The molecule has 0 aliphatic carbocycles. The maximum Gasteiger partial charge on any atom is 0.0700 e. The average molecular weight is 257 g/mol. The molecule has 1 aromatic carbocycles. The molecular weight excluding hydrogens is 238 g/mol. The van der Waals surface area contributed by atoms with Gasteiger partial charge >= 0.3 is 0 Å². The number of ether oxygens (including phenoxy) is 1. The van der Waals surface area contributed by atoms with Crippen molar-refractivity contribution in [1.82, 2.24) is 15.1 Å². The molecule has 100 valence electrons. The topological polar surface area (TPSA) is 39.1 Å². The van der Waals surface area contributed by atoms with Gasteiger partial charge in [-0.15, -0.1) is 0 Å². The van der Waals surface area contributed by atoms with Crippen LogP contribution in [-0.4, -0.2) is 29.0 Å². The first-order chi connectivity index (χ1) is 9.42. The van der Waals surface area contributed by atoms with Crippen LogP contribution in [-0.2, 0) is 11.3 Å². The lowest BCUT2D eigenvalue weighted by molar-refractivity contribution is 0.110. The first-order valence-corrected chi connectivity index (χ1v) is 6.83. The Bertz CT molecular complexity index is 487. The van der Waals surface area contributed by atoms with Crippen molar-refractivity contribution in [2.75, 3.05) is 13.2 Å². The van der Waals surface area contributed by atoms with E-state index in [0.717, 1.165) is 25.4 Å². The van der Waals surface area contributed by atoms with Gasteiger partial charge in [-0.3, -0.25) is 0 Å². The fourth-order valence-corrected chi connectivity index (χ4v) is 2.37. The lowest BCUT2D eigenvalue weighted by Gasteiger charge is -2.11. The van der Waals surface area contributed by atoms with Crippen molar-refractivity contribution in [3.8, 4) is 5.69 Å². The van der Waals surface area contributed by atoms with Gasteiger partial charge in [0.1, 0.15) is 0 Å². The van der Waals surface area contributed by atoms with E-state index < -0.39 is 0 Å². The SMILES string of the molecule is c1cnn(-c2ccc(CNCC3CCCO3)cc2)c1. The van der Waals surface area contributed by atoms with Gasteiger partial charge in [0.05, 0.1) is 11.8 Å². The summed E-state index contributed by atoms with van der Waals surface area (Å²) in [5.74, 6) is 0. The maximum atomic E-state index is 5.58. The van der Waals surface area contributed by atoms with Crippen LogP contribution in [0.1, 0.15) is 18.4 Å². The first kappa shape index (κ1) is 12.4. The van der Waals surface area contributed by atoms with Gasteiger partial charge in [0.25, 0.3) is 0 Å². The Morgan fingerprint density at radius 3 is 2.89 bits per heavy atom. The van der Waals surface area contributed by atoms with Gasteiger partial charge in [-0.2, -0.15) is 5.10 Å². The van der Waals surface area contributed by atoms with Crippen molar-refractivity contribution in [2.45, 2.75) is 25.5 Å². The quantitative estimate of drug-likeness (QED) is 0.892. The monoisotopic (exact) mass is 257 g/mol. The van der Waals surface area contributed by atoms with E-state index in [9.17, 15) is 0 Å². The van der Waals surface area contributed by atoms with Crippen LogP contribution in [0.2, 0.25) is 0 Å². The minimum atomic E-state index is 0.406. The molecule has 2 heterocycles. The van der Waals surface area contributed by atoms with E-state index in [1.807, 2.05) is 16.9 Å². The molecule has 1 aromatic heterocycles. The predicted molar refractivity (Wildman–Crippen MR) is 74.2 cm³/mol. The van der Waals surface area contributed by atoms with Crippen LogP contribution in [0.3, 0.4) is 0 Å². The average Bonchev–Trinajstić information content (AvgIpc) is 3.13. The van der Waals surface area contributed by atoms with Crippen molar-refractivity contribution >= 4 is 0 Å². The summed E-state index contributed by atoms with van der Waals surface area (Å²) >= 11 is 0. The van der Waals surface area contributed by atoms with Crippen molar-refractivity contribution < 1.29 is 4.74 Å². The molecule has 3 rings (SSSR count). The molecule has 0 amide bonds. The number of aromatic nitrogens is 2. The Hall–Kier alpha value is -1.65. The van der Waals surface area contributed by atoms with Gasteiger partial charge in [-0.1, -0.05) is 12.1 Å². The molecule has 1 N–H and O–H groups in total. The summed E-state index contributed by atoms with van der Waals surface area (Å²) in [6.45, 7) is 2.76. The summed E-state index contributed by atoms with van der Waals surface area (Å²) in [5.41, 5.74) is 2.38. The van der Waals surface area contributed by atoms with Crippen LogP contribution in [0.25, 0.3) is 5.69 Å². The van der Waals surface area contributed by atoms with E-state index in [2.05, 4.69) is 34.7 Å². The van der Waals surface area contributed by atoms with Gasteiger partial charge in [0, 0.05) is 32.1 Å². The number of benzene rings is 1. The Labute approximate surface area is 113 Å². The fourth-order valence-electron chi connectivity index (χ4n) is 2.37. The van der Waals surface area contributed by atoms with E-state index in [1.54, 1.807) is 6.20 Å². The maximum absolute atomic E-state index is 5.58. The normalized spacial score (nSPS) is 18.8. The minimum absolute atomic E-state index is 0.406. The first-order valence-electron chi connectivity index (χ1n) is 6.83. The number of nitrogens with one attached hydrogen (secondary N) is 1.